The highest BCUT2D eigenvalue weighted by Crippen LogP contribution is 2.26. The SMILES string of the molecule is CCOc1ccccc1C(CN1C(=O)COCC1=O)NC. The number of hydrogen-bond donors (Lipinski definition) is 1. The first kappa shape index (κ1) is 15.5. The highest BCUT2D eigenvalue weighted by atomic mass is 16.5. The normalized spacial score (nSPS) is 17.0. The smallest absolute Gasteiger partial charge is 0.255 e. The van der Waals surface area contributed by atoms with Crippen molar-refractivity contribution in [2.45, 2.75) is 13.0 Å². The van der Waals surface area contributed by atoms with Gasteiger partial charge in [0, 0.05) is 12.1 Å². The summed E-state index contributed by atoms with van der Waals surface area (Å²) in [5, 5.41) is 3.14. The van der Waals surface area contributed by atoms with Gasteiger partial charge in [-0.25, -0.2) is 0 Å². The number of ether oxygens (including phenoxy) is 2. The molecule has 2 rings (SSSR count). The predicted octanol–water partition coefficient (Wildman–Crippen LogP) is 0.731. The number of nitrogens with one attached hydrogen (secondary N) is 1. The van der Waals surface area contributed by atoms with Gasteiger partial charge in [-0.1, -0.05) is 18.2 Å². The molecule has 1 fully saturated rings. The van der Waals surface area contributed by atoms with Crippen molar-refractivity contribution in [2.75, 3.05) is 33.4 Å². The molecule has 0 radical (unpaired) electrons. The molecule has 1 aromatic rings. The molecule has 0 spiro atoms. The van der Waals surface area contributed by atoms with Crippen LogP contribution in [0, 0.1) is 0 Å². The molecule has 0 saturated carbocycles. The fraction of sp³-hybridized carbons (Fsp3) is 0.467. The molecule has 2 amide bonds. The van der Waals surface area contributed by atoms with Gasteiger partial charge in [-0.2, -0.15) is 0 Å². The van der Waals surface area contributed by atoms with E-state index in [2.05, 4.69) is 5.32 Å². The number of carbonyl (C=O) groups is 2. The molecular weight excluding hydrogens is 272 g/mol. The lowest BCUT2D eigenvalue weighted by Gasteiger charge is -2.29. The maximum Gasteiger partial charge on any atom is 0.255 e. The maximum absolute atomic E-state index is 11.8. The second-order valence-electron chi connectivity index (χ2n) is 4.70. The molecule has 1 unspecified atom stereocenters. The lowest BCUT2D eigenvalue weighted by Crippen LogP contribution is -2.49. The molecule has 1 saturated heterocycles. The fourth-order valence-corrected chi connectivity index (χ4v) is 2.31. The Labute approximate surface area is 124 Å². The van der Waals surface area contributed by atoms with E-state index in [-0.39, 0.29) is 37.6 Å². The summed E-state index contributed by atoms with van der Waals surface area (Å²) in [5.41, 5.74) is 0.925. The number of benzene rings is 1. The van der Waals surface area contributed by atoms with Crippen molar-refractivity contribution in [3.63, 3.8) is 0 Å². The summed E-state index contributed by atoms with van der Waals surface area (Å²) in [5.74, 6) is 0.147. The zero-order valence-corrected chi connectivity index (χ0v) is 12.3. The quantitative estimate of drug-likeness (QED) is 0.783. The van der Waals surface area contributed by atoms with Gasteiger partial charge in [0.1, 0.15) is 19.0 Å². The molecule has 1 aromatic carbocycles. The maximum atomic E-state index is 11.8. The van der Waals surface area contributed by atoms with Crippen LogP contribution >= 0.6 is 0 Å². The van der Waals surface area contributed by atoms with E-state index < -0.39 is 0 Å². The number of para-hydroxylation sites is 1. The molecule has 0 bridgehead atoms. The Morgan fingerprint density at radius 2 is 1.95 bits per heavy atom. The van der Waals surface area contributed by atoms with Crippen LogP contribution in [-0.2, 0) is 14.3 Å². The minimum Gasteiger partial charge on any atom is -0.494 e. The molecule has 6 nitrogen and oxygen atoms in total. The van der Waals surface area contributed by atoms with Crippen LogP contribution in [0.1, 0.15) is 18.5 Å². The van der Waals surface area contributed by atoms with E-state index in [0.717, 1.165) is 11.3 Å². The zero-order chi connectivity index (χ0) is 15.2. The van der Waals surface area contributed by atoms with Gasteiger partial charge in [-0.3, -0.25) is 14.5 Å². The first-order chi connectivity index (χ1) is 10.2. The van der Waals surface area contributed by atoms with Crippen LogP contribution in [0.2, 0.25) is 0 Å². The van der Waals surface area contributed by atoms with Gasteiger partial charge in [0.2, 0.25) is 0 Å². The number of hydrogen-bond acceptors (Lipinski definition) is 5. The highest BCUT2D eigenvalue weighted by molar-refractivity contribution is 5.98. The number of nitrogens with zero attached hydrogens (tertiary/aromatic N) is 1. The van der Waals surface area contributed by atoms with Crippen LogP contribution in [0.5, 0.6) is 5.75 Å². The molecule has 6 heteroatoms. The first-order valence-electron chi connectivity index (χ1n) is 6.97. The molecule has 1 aliphatic rings. The van der Waals surface area contributed by atoms with Crippen molar-refractivity contribution >= 4 is 11.8 Å². The standard InChI is InChI=1S/C15H20N2O4/c1-3-21-13-7-5-4-6-11(13)12(16-2)8-17-14(18)9-20-10-15(17)19/h4-7,12,16H,3,8-10H2,1-2H3. The van der Waals surface area contributed by atoms with Crippen molar-refractivity contribution in [2.24, 2.45) is 0 Å². The lowest BCUT2D eigenvalue weighted by atomic mass is 10.0. The summed E-state index contributed by atoms with van der Waals surface area (Å²) in [6.07, 6.45) is 0. The van der Waals surface area contributed by atoms with Crippen molar-refractivity contribution in [1.82, 2.24) is 10.2 Å². The van der Waals surface area contributed by atoms with E-state index >= 15 is 0 Å². The average Bonchev–Trinajstić information content (AvgIpc) is 2.48. The van der Waals surface area contributed by atoms with Crippen molar-refractivity contribution < 1.29 is 19.1 Å². The van der Waals surface area contributed by atoms with Gasteiger partial charge in [0.15, 0.2) is 0 Å². The summed E-state index contributed by atoms with van der Waals surface area (Å²) in [7, 11) is 1.79. The summed E-state index contributed by atoms with van der Waals surface area (Å²) in [4.78, 5) is 24.9. The molecule has 21 heavy (non-hydrogen) atoms. The third-order valence-electron chi connectivity index (χ3n) is 3.36. The summed E-state index contributed by atoms with van der Waals surface area (Å²) >= 11 is 0. The van der Waals surface area contributed by atoms with Crippen molar-refractivity contribution in [1.29, 1.82) is 0 Å². The van der Waals surface area contributed by atoms with Crippen molar-refractivity contribution in [3.8, 4) is 5.75 Å². The number of likely N-dealkylation sites (N-methyl/N-ethyl adjacent to an activating group) is 1. The average molecular weight is 292 g/mol. The number of imide groups is 1. The van der Waals surface area contributed by atoms with Crippen LogP contribution in [0.3, 0.4) is 0 Å². The van der Waals surface area contributed by atoms with Gasteiger partial charge >= 0.3 is 0 Å². The Kier molecular flexibility index (Phi) is 5.30. The van der Waals surface area contributed by atoms with Crippen LogP contribution in [0.25, 0.3) is 0 Å². The molecule has 114 valence electrons. The van der Waals surface area contributed by atoms with Crippen molar-refractivity contribution in [3.05, 3.63) is 29.8 Å². The predicted molar refractivity (Wildman–Crippen MR) is 77.0 cm³/mol. The molecule has 1 heterocycles. The Morgan fingerprint density at radius 1 is 1.29 bits per heavy atom. The largest absolute Gasteiger partial charge is 0.494 e. The van der Waals surface area contributed by atoms with Gasteiger partial charge in [-0.15, -0.1) is 0 Å². The Hall–Kier alpha value is -1.92. The summed E-state index contributed by atoms with van der Waals surface area (Å²) in [6, 6.07) is 7.43. The van der Waals surface area contributed by atoms with E-state index in [1.807, 2.05) is 31.2 Å². The Bertz CT molecular complexity index is 502. The summed E-state index contributed by atoms with van der Waals surface area (Å²) in [6.45, 7) is 2.65. The third kappa shape index (κ3) is 3.59. The Morgan fingerprint density at radius 3 is 2.57 bits per heavy atom. The van der Waals surface area contributed by atoms with E-state index in [9.17, 15) is 9.59 Å². The van der Waals surface area contributed by atoms with E-state index in [4.69, 9.17) is 9.47 Å². The number of carbonyl (C=O) groups excluding carboxylic acids is 2. The number of rotatable bonds is 6. The van der Waals surface area contributed by atoms with Gasteiger partial charge in [0.05, 0.1) is 12.6 Å². The van der Waals surface area contributed by atoms with Gasteiger partial charge < -0.3 is 14.8 Å². The zero-order valence-electron chi connectivity index (χ0n) is 12.3. The minimum atomic E-state index is -0.305. The van der Waals surface area contributed by atoms with Crippen LogP contribution in [0.4, 0.5) is 0 Å². The van der Waals surface area contributed by atoms with Crippen LogP contribution < -0.4 is 10.1 Å². The third-order valence-corrected chi connectivity index (χ3v) is 3.36. The topological polar surface area (TPSA) is 67.9 Å². The second-order valence-corrected chi connectivity index (χ2v) is 4.70. The first-order valence-corrected chi connectivity index (χ1v) is 6.97. The van der Waals surface area contributed by atoms with E-state index in [1.54, 1.807) is 7.05 Å². The molecule has 1 N–H and O–H groups in total. The number of amides is 2. The minimum absolute atomic E-state index is 0.0463. The molecule has 1 atom stereocenters. The second kappa shape index (κ2) is 7.19. The summed E-state index contributed by atoms with van der Waals surface area (Å²) < 4.78 is 10.5. The molecule has 0 aromatic heterocycles. The molecular formula is C15H20N2O4. The van der Waals surface area contributed by atoms with Crippen LogP contribution in [-0.4, -0.2) is 50.1 Å². The van der Waals surface area contributed by atoms with Gasteiger partial charge in [0.25, 0.3) is 11.8 Å². The fourth-order valence-electron chi connectivity index (χ4n) is 2.31. The van der Waals surface area contributed by atoms with Gasteiger partial charge in [-0.05, 0) is 20.0 Å². The number of morpholine rings is 1. The van der Waals surface area contributed by atoms with Crippen LogP contribution in [0.15, 0.2) is 24.3 Å². The molecule has 0 aliphatic carbocycles. The highest BCUT2D eigenvalue weighted by Gasteiger charge is 2.29. The molecule has 1 aliphatic heterocycles. The van der Waals surface area contributed by atoms with E-state index in [0.29, 0.717) is 6.61 Å². The monoisotopic (exact) mass is 292 g/mol. The Balaban J connectivity index is 2.19. The lowest BCUT2D eigenvalue weighted by molar-refractivity contribution is -0.158. The van der Waals surface area contributed by atoms with E-state index in [1.165, 1.54) is 4.90 Å².